The maximum absolute atomic E-state index is 12.2. The highest BCUT2D eigenvalue weighted by Crippen LogP contribution is 2.23. The Morgan fingerprint density at radius 3 is 2.56 bits per heavy atom. The Balaban J connectivity index is 1.68. The largest absolute Gasteiger partial charge is 0.496 e. The summed E-state index contributed by atoms with van der Waals surface area (Å²) in [6.07, 6.45) is 1.39. The lowest BCUT2D eigenvalue weighted by molar-refractivity contribution is 0.0842. The molecule has 0 bridgehead atoms. The Hall–Kier alpha value is -3.10. The van der Waals surface area contributed by atoms with Crippen molar-refractivity contribution in [1.82, 2.24) is 25.8 Å². The van der Waals surface area contributed by atoms with E-state index in [1.807, 2.05) is 0 Å². The van der Waals surface area contributed by atoms with E-state index in [9.17, 15) is 9.59 Å². The molecule has 0 atom stereocenters. The molecule has 0 saturated carbocycles. The highest BCUT2D eigenvalue weighted by molar-refractivity contribution is 6.32. The Labute approximate surface area is 164 Å². The van der Waals surface area contributed by atoms with Crippen molar-refractivity contribution in [1.29, 1.82) is 0 Å². The highest BCUT2D eigenvalue weighted by atomic mass is 35.5. The molecule has 27 heavy (non-hydrogen) atoms. The molecule has 0 saturated heterocycles. The molecule has 0 unspecified atom stereocenters. The second-order valence-corrected chi connectivity index (χ2v) is 6.10. The molecule has 0 spiro atoms. The highest BCUT2D eigenvalue weighted by Gasteiger charge is 2.16. The lowest BCUT2D eigenvalue weighted by atomic mass is 10.2. The summed E-state index contributed by atoms with van der Waals surface area (Å²) in [4.78, 5) is 24.4. The standard InChI is InChI=1S/C17H13Cl2N5O3/c1-27-15-8-10(18)6-7-11(15)16(25)21-22-17(26)13-9-24(23-20-13)14-5-3-2-4-12(14)19/h2-9H,1H3,(H,21,25)(H,22,26). The van der Waals surface area contributed by atoms with Gasteiger partial charge in [-0.15, -0.1) is 5.10 Å². The number of rotatable bonds is 4. The van der Waals surface area contributed by atoms with Crippen molar-refractivity contribution in [3.8, 4) is 11.4 Å². The molecule has 0 aliphatic rings. The first-order chi connectivity index (χ1) is 13.0. The van der Waals surface area contributed by atoms with Gasteiger partial charge in [-0.1, -0.05) is 40.5 Å². The van der Waals surface area contributed by atoms with Gasteiger partial charge in [0.2, 0.25) is 0 Å². The van der Waals surface area contributed by atoms with Gasteiger partial charge in [0.05, 0.1) is 29.6 Å². The number of ether oxygens (including phenoxy) is 1. The van der Waals surface area contributed by atoms with E-state index in [1.165, 1.54) is 36.2 Å². The average molecular weight is 406 g/mol. The molecule has 138 valence electrons. The molecule has 0 fully saturated rings. The van der Waals surface area contributed by atoms with Crippen molar-refractivity contribution in [3.63, 3.8) is 0 Å². The summed E-state index contributed by atoms with van der Waals surface area (Å²) in [5.74, 6) is -0.941. The number of para-hydroxylation sites is 1. The zero-order valence-electron chi connectivity index (χ0n) is 13.9. The topological polar surface area (TPSA) is 98.1 Å². The predicted octanol–water partition coefficient (Wildman–Crippen LogP) is 2.66. The van der Waals surface area contributed by atoms with Crippen LogP contribution >= 0.6 is 23.2 Å². The Morgan fingerprint density at radius 1 is 1.07 bits per heavy atom. The van der Waals surface area contributed by atoms with Crippen LogP contribution in [0.4, 0.5) is 0 Å². The molecule has 2 aromatic carbocycles. The van der Waals surface area contributed by atoms with Crippen molar-refractivity contribution in [2.45, 2.75) is 0 Å². The number of hydrazine groups is 1. The normalized spacial score (nSPS) is 10.3. The second kappa shape index (κ2) is 8.07. The van der Waals surface area contributed by atoms with Gasteiger partial charge in [0, 0.05) is 5.02 Å². The van der Waals surface area contributed by atoms with Gasteiger partial charge in [0.25, 0.3) is 11.8 Å². The van der Waals surface area contributed by atoms with Crippen LogP contribution in [0.15, 0.2) is 48.7 Å². The molecule has 3 rings (SSSR count). The second-order valence-electron chi connectivity index (χ2n) is 5.25. The molecule has 0 aliphatic heterocycles. The summed E-state index contributed by atoms with van der Waals surface area (Å²) in [6, 6.07) is 11.5. The molecule has 8 nitrogen and oxygen atoms in total. The SMILES string of the molecule is COc1cc(Cl)ccc1C(=O)NNC(=O)c1cn(-c2ccccc2Cl)nn1. The number of aromatic nitrogens is 3. The Morgan fingerprint density at radius 2 is 1.81 bits per heavy atom. The number of hydrogen-bond acceptors (Lipinski definition) is 5. The molecule has 3 aromatic rings. The van der Waals surface area contributed by atoms with Gasteiger partial charge in [0.1, 0.15) is 5.75 Å². The van der Waals surface area contributed by atoms with Gasteiger partial charge in [0.15, 0.2) is 5.69 Å². The maximum Gasteiger partial charge on any atom is 0.291 e. The van der Waals surface area contributed by atoms with Gasteiger partial charge in [-0.05, 0) is 30.3 Å². The lowest BCUT2D eigenvalue weighted by Gasteiger charge is -2.09. The number of carbonyl (C=O) groups is 2. The van der Waals surface area contributed by atoms with E-state index < -0.39 is 11.8 Å². The van der Waals surface area contributed by atoms with Gasteiger partial charge >= 0.3 is 0 Å². The first-order valence-corrected chi connectivity index (χ1v) is 8.36. The van der Waals surface area contributed by atoms with E-state index in [1.54, 1.807) is 24.3 Å². The minimum atomic E-state index is -0.644. The minimum absolute atomic E-state index is 0.00158. The van der Waals surface area contributed by atoms with E-state index >= 15 is 0 Å². The molecule has 1 aromatic heterocycles. The van der Waals surface area contributed by atoms with Crippen molar-refractivity contribution in [2.75, 3.05) is 7.11 Å². The van der Waals surface area contributed by atoms with Crippen molar-refractivity contribution in [2.24, 2.45) is 0 Å². The lowest BCUT2D eigenvalue weighted by Crippen LogP contribution is -2.41. The van der Waals surface area contributed by atoms with Crippen LogP contribution in [0.2, 0.25) is 10.0 Å². The smallest absolute Gasteiger partial charge is 0.291 e. The van der Waals surface area contributed by atoms with Crippen LogP contribution in [0.1, 0.15) is 20.8 Å². The molecule has 0 aliphatic carbocycles. The number of methoxy groups -OCH3 is 1. The molecule has 0 radical (unpaired) electrons. The summed E-state index contributed by atoms with van der Waals surface area (Å²) in [7, 11) is 1.41. The summed E-state index contributed by atoms with van der Waals surface area (Å²) in [5.41, 5.74) is 5.33. The van der Waals surface area contributed by atoms with E-state index in [0.717, 1.165) is 0 Å². The van der Waals surface area contributed by atoms with Crippen molar-refractivity contribution < 1.29 is 14.3 Å². The van der Waals surface area contributed by atoms with Crippen LogP contribution in [-0.4, -0.2) is 33.9 Å². The van der Waals surface area contributed by atoms with Crippen LogP contribution in [0.25, 0.3) is 5.69 Å². The maximum atomic E-state index is 12.2. The zero-order valence-corrected chi connectivity index (χ0v) is 15.5. The summed E-state index contributed by atoms with van der Waals surface area (Å²) in [5, 5.41) is 8.52. The fourth-order valence-corrected chi connectivity index (χ4v) is 2.61. The fraction of sp³-hybridized carbons (Fsp3) is 0.0588. The Bertz CT molecular complexity index is 1010. The minimum Gasteiger partial charge on any atom is -0.496 e. The molecular weight excluding hydrogens is 393 g/mol. The third-order valence-electron chi connectivity index (χ3n) is 3.52. The van der Waals surface area contributed by atoms with Crippen LogP contribution in [0, 0.1) is 0 Å². The third-order valence-corrected chi connectivity index (χ3v) is 4.08. The number of carbonyl (C=O) groups excluding carboxylic acids is 2. The van der Waals surface area contributed by atoms with E-state index in [-0.39, 0.29) is 17.0 Å². The summed E-state index contributed by atoms with van der Waals surface area (Å²) >= 11 is 12.0. The van der Waals surface area contributed by atoms with E-state index in [0.29, 0.717) is 15.7 Å². The van der Waals surface area contributed by atoms with Gasteiger partial charge < -0.3 is 4.74 Å². The first-order valence-electron chi connectivity index (χ1n) is 7.61. The fourth-order valence-electron chi connectivity index (χ4n) is 2.22. The third kappa shape index (κ3) is 4.18. The number of amides is 2. The van der Waals surface area contributed by atoms with E-state index in [2.05, 4.69) is 21.2 Å². The van der Waals surface area contributed by atoms with Gasteiger partial charge in [-0.3, -0.25) is 20.4 Å². The zero-order chi connectivity index (χ0) is 19.4. The van der Waals surface area contributed by atoms with Crippen molar-refractivity contribution in [3.05, 3.63) is 70.0 Å². The van der Waals surface area contributed by atoms with Crippen LogP contribution in [-0.2, 0) is 0 Å². The number of halogens is 2. The van der Waals surface area contributed by atoms with Crippen LogP contribution < -0.4 is 15.6 Å². The van der Waals surface area contributed by atoms with Crippen LogP contribution in [0.5, 0.6) is 5.75 Å². The molecule has 1 heterocycles. The number of nitrogens with zero attached hydrogens (tertiary/aromatic N) is 3. The van der Waals surface area contributed by atoms with Gasteiger partial charge in [-0.25, -0.2) is 4.68 Å². The summed E-state index contributed by atoms with van der Waals surface area (Å²) < 4.78 is 6.47. The quantitative estimate of drug-likeness (QED) is 0.650. The molecule has 2 N–H and O–H groups in total. The molecular formula is C17H13Cl2N5O3. The van der Waals surface area contributed by atoms with Crippen LogP contribution in [0.3, 0.4) is 0 Å². The molecule has 10 heteroatoms. The average Bonchev–Trinajstić information content (AvgIpc) is 3.16. The van der Waals surface area contributed by atoms with E-state index in [4.69, 9.17) is 27.9 Å². The first kappa shape index (κ1) is 18.7. The monoisotopic (exact) mass is 405 g/mol. The van der Waals surface area contributed by atoms with Crippen molar-refractivity contribution >= 4 is 35.0 Å². The number of nitrogens with one attached hydrogen (secondary N) is 2. The predicted molar refractivity (Wildman–Crippen MR) is 99.3 cm³/mol. The van der Waals surface area contributed by atoms with Gasteiger partial charge in [-0.2, -0.15) is 0 Å². The number of benzene rings is 2. The molecule has 2 amide bonds. The Kier molecular flexibility index (Phi) is 5.58. The number of hydrogen-bond donors (Lipinski definition) is 2. The summed E-state index contributed by atoms with van der Waals surface area (Å²) in [6.45, 7) is 0.